The number of hydrogen-bond donors (Lipinski definition) is 0. The summed E-state index contributed by atoms with van der Waals surface area (Å²) in [5, 5.41) is 1.40. The summed E-state index contributed by atoms with van der Waals surface area (Å²) in [5.74, 6) is -0.330. The Morgan fingerprint density at radius 1 is 1.32 bits per heavy atom. The molecule has 7 heteroatoms. The molecule has 0 unspecified atom stereocenters. The van der Waals surface area contributed by atoms with Crippen molar-refractivity contribution in [3.05, 3.63) is 57.8 Å². The molecule has 0 saturated carbocycles. The first-order valence-corrected chi connectivity index (χ1v) is 10.7. The van der Waals surface area contributed by atoms with Gasteiger partial charge in [0.2, 0.25) is 11.8 Å². The fourth-order valence-corrected chi connectivity index (χ4v) is 4.60. The van der Waals surface area contributed by atoms with Crippen LogP contribution in [-0.4, -0.2) is 60.3 Å². The van der Waals surface area contributed by atoms with Crippen LogP contribution in [0.25, 0.3) is 0 Å². The Labute approximate surface area is 174 Å². The van der Waals surface area contributed by atoms with E-state index in [9.17, 15) is 9.59 Å². The zero-order valence-electron chi connectivity index (χ0n) is 16.1. The first-order valence-electron chi connectivity index (χ1n) is 9.35. The number of carbonyl (C=O) groups excluding carboxylic acids is 2. The summed E-state index contributed by atoms with van der Waals surface area (Å²) in [6.45, 7) is 2.96. The lowest BCUT2D eigenvalue weighted by Gasteiger charge is -2.37. The minimum absolute atomic E-state index is 0.00204. The Bertz CT molecular complexity index is 809. The number of halogens is 1. The minimum Gasteiger partial charge on any atom is -0.383 e. The number of ether oxygens (including phenoxy) is 1. The summed E-state index contributed by atoms with van der Waals surface area (Å²) >= 11 is 7.73. The fourth-order valence-electron chi connectivity index (χ4n) is 3.55. The molecule has 2 amide bonds. The molecule has 1 aromatic heterocycles. The van der Waals surface area contributed by atoms with Crippen LogP contribution < -0.4 is 0 Å². The molecule has 0 aliphatic carbocycles. The molecule has 2 atom stereocenters. The van der Waals surface area contributed by atoms with Crippen LogP contribution in [0, 0.1) is 0 Å². The highest BCUT2D eigenvalue weighted by Gasteiger charge is 2.34. The number of hydrogen-bond acceptors (Lipinski definition) is 4. The van der Waals surface area contributed by atoms with Crippen molar-refractivity contribution in [1.29, 1.82) is 0 Å². The summed E-state index contributed by atoms with van der Waals surface area (Å²) in [4.78, 5) is 30.4. The number of rotatable bonds is 7. The van der Waals surface area contributed by atoms with Crippen molar-refractivity contribution in [2.75, 3.05) is 33.4 Å². The number of nitrogens with zero attached hydrogens (tertiary/aromatic N) is 2. The van der Waals surface area contributed by atoms with Crippen molar-refractivity contribution in [3.63, 3.8) is 0 Å². The molecule has 3 rings (SSSR count). The molecule has 2 heterocycles. The van der Waals surface area contributed by atoms with Crippen LogP contribution in [0.3, 0.4) is 0 Å². The van der Waals surface area contributed by atoms with E-state index in [4.69, 9.17) is 16.3 Å². The second kappa shape index (κ2) is 9.54. The van der Waals surface area contributed by atoms with E-state index >= 15 is 0 Å². The lowest BCUT2D eigenvalue weighted by Crippen LogP contribution is -2.48. The molecule has 28 heavy (non-hydrogen) atoms. The average Bonchev–Trinajstić information content (AvgIpc) is 3.19. The number of alkyl halides is 1. The van der Waals surface area contributed by atoms with E-state index < -0.39 is 5.38 Å². The first kappa shape index (κ1) is 20.8. The summed E-state index contributed by atoms with van der Waals surface area (Å²) in [5.41, 5.74) is 2.26. The smallest absolute Gasteiger partial charge is 0.242 e. The summed E-state index contributed by atoms with van der Waals surface area (Å²) in [6, 6.07) is 12.0. The number of thiophene rings is 1. The molecule has 0 radical (unpaired) electrons. The number of methoxy groups -OCH3 is 1. The minimum atomic E-state index is -0.681. The molecule has 150 valence electrons. The van der Waals surface area contributed by atoms with E-state index in [-0.39, 0.29) is 24.4 Å². The quantitative estimate of drug-likeness (QED) is 0.645. The van der Waals surface area contributed by atoms with Gasteiger partial charge in [-0.25, -0.2) is 0 Å². The van der Waals surface area contributed by atoms with Gasteiger partial charge in [0.1, 0.15) is 5.38 Å². The van der Waals surface area contributed by atoms with Gasteiger partial charge in [-0.1, -0.05) is 30.3 Å². The number of benzene rings is 1. The molecule has 0 saturated heterocycles. The van der Waals surface area contributed by atoms with Crippen molar-refractivity contribution in [2.24, 2.45) is 0 Å². The van der Waals surface area contributed by atoms with E-state index in [0.717, 1.165) is 12.0 Å². The number of amides is 2. The molecule has 2 aromatic rings. The van der Waals surface area contributed by atoms with Gasteiger partial charge in [0, 0.05) is 25.1 Å². The van der Waals surface area contributed by atoms with Crippen LogP contribution >= 0.6 is 22.9 Å². The van der Waals surface area contributed by atoms with Gasteiger partial charge in [-0.3, -0.25) is 9.59 Å². The largest absolute Gasteiger partial charge is 0.383 e. The fraction of sp³-hybridized carbons (Fsp3) is 0.429. The predicted molar refractivity (Wildman–Crippen MR) is 112 cm³/mol. The normalized spacial score (nSPS) is 17.1. The lowest BCUT2D eigenvalue weighted by molar-refractivity contribution is -0.141. The molecule has 1 aliphatic heterocycles. The van der Waals surface area contributed by atoms with Crippen molar-refractivity contribution in [1.82, 2.24) is 9.80 Å². The van der Waals surface area contributed by atoms with E-state index in [1.165, 1.54) is 15.3 Å². The van der Waals surface area contributed by atoms with Gasteiger partial charge in [-0.15, -0.1) is 22.9 Å². The molecular weight excluding hydrogens is 396 g/mol. The van der Waals surface area contributed by atoms with Gasteiger partial charge in [0.15, 0.2) is 0 Å². The monoisotopic (exact) mass is 420 g/mol. The molecule has 0 fully saturated rings. The zero-order chi connectivity index (χ0) is 20.1. The average molecular weight is 421 g/mol. The highest BCUT2D eigenvalue weighted by atomic mass is 35.5. The third kappa shape index (κ3) is 4.57. The summed E-state index contributed by atoms with van der Waals surface area (Å²) < 4.78 is 5.10. The molecule has 5 nitrogen and oxygen atoms in total. The maximum Gasteiger partial charge on any atom is 0.242 e. The Morgan fingerprint density at radius 3 is 2.75 bits per heavy atom. The van der Waals surface area contributed by atoms with Crippen LogP contribution in [0.2, 0.25) is 0 Å². The highest BCUT2D eigenvalue weighted by molar-refractivity contribution is 7.10. The second-order valence-electron chi connectivity index (χ2n) is 6.82. The zero-order valence-corrected chi connectivity index (χ0v) is 17.7. The molecule has 0 N–H and O–H groups in total. The molecule has 1 aromatic carbocycles. The van der Waals surface area contributed by atoms with Crippen molar-refractivity contribution >= 4 is 34.8 Å². The van der Waals surface area contributed by atoms with Crippen LogP contribution in [0.4, 0.5) is 0 Å². The number of fused-ring (bicyclic) bond motifs is 1. The Kier molecular flexibility index (Phi) is 7.10. The van der Waals surface area contributed by atoms with Crippen LogP contribution in [0.1, 0.15) is 29.0 Å². The molecule has 0 spiro atoms. The topological polar surface area (TPSA) is 49.9 Å². The van der Waals surface area contributed by atoms with Crippen LogP contribution in [0.5, 0.6) is 0 Å². The Morgan fingerprint density at radius 2 is 2.07 bits per heavy atom. The third-order valence-electron chi connectivity index (χ3n) is 4.94. The SMILES string of the molecule is COCCN(CC(=O)N1CCc2sccc2[C@@H]1c1ccccc1)C(=O)[C@@H](C)Cl. The lowest BCUT2D eigenvalue weighted by atomic mass is 9.93. The summed E-state index contributed by atoms with van der Waals surface area (Å²) in [6.07, 6.45) is 0.833. The second-order valence-corrected chi connectivity index (χ2v) is 8.47. The maximum atomic E-state index is 13.3. The standard InChI is InChI=1S/C21H25ClN2O3S/c1-15(22)21(26)23(11-12-27-2)14-19(25)24-10-8-18-17(9-13-28-18)20(24)16-6-4-3-5-7-16/h3-7,9,13,15,20H,8,10-12,14H2,1-2H3/t15-,20+/m1/s1. The van der Waals surface area contributed by atoms with Gasteiger partial charge in [0.05, 0.1) is 19.2 Å². The van der Waals surface area contributed by atoms with Gasteiger partial charge in [-0.2, -0.15) is 0 Å². The van der Waals surface area contributed by atoms with Gasteiger partial charge >= 0.3 is 0 Å². The highest BCUT2D eigenvalue weighted by Crippen LogP contribution is 2.37. The van der Waals surface area contributed by atoms with Crippen LogP contribution in [-0.2, 0) is 20.7 Å². The summed E-state index contributed by atoms with van der Waals surface area (Å²) in [7, 11) is 1.57. The van der Waals surface area contributed by atoms with Crippen molar-refractivity contribution in [3.8, 4) is 0 Å². The number of carbonyl (C=O) groups is 2. The predicted octanol–water partition coefficient (Wildman–Crippen LogP) is 3.32. The molecule has 0 bridgehead atoms. The van der Waals surface area contributed by atoms with E-state index in [1.807, 2.05) is 35.2 Å². The van der Waals surface area contributed by atoms with Crippen molar-refractivity contribution < 1.29 is 14.3 Å². The van der Waals surface area contributed by atoms with E-state index in [0.29, 0.717) is 19.7 Å². The molecular formula is C21H25ClN2O3S. The third-order valence-corrected chi connectivity index (χ3v) is 6.13. The first-order chi connectivity index (χ1) is 13.5. The van der Waals surface area contributed by atoms with Crippen molar-refractivity contribution in [2.45, 2.75) is 24.8 Å². The Balaban J connectivity index is 1.85. The van der Waals surface area contributed by atoms with Crippen LogP contribution in [0.15, 0.2) is 41.8 Å². The maximum absolute atomic E-state index is 13.3. The van der Waals surface area contributed by atoms with Gasteiger partial charge in [0.25, 0.3) is 0 Å². The van der Waals surface area contributed by atoms with E-state index in [1.54, 1.807) is 25.4 Å². The Hall–Kier alpha value is -1.89. The molecule has 1 aliphatic rings. The van der Waals surface area contributed by atoms with Gasteiger partial charge < -0.3 is 14.5 Å². The van der Waals surface area contributed by atoms with E-state index in [2.05, 4.69) is 11.4 Å². The van der Waals surface area contributed by atoms with Gasteiger partial charge in [-0.05, 0) is 35.9 Å².